The molecule has 0 bridgehead atoms. The standard InChI is InChI=1S/C11H18N6O2/c1-2-12-11-15-9(13-3-5-19-6-4-18)8-7-14-17-10(8)16-11/h7,18H,2-6H2,1H3,(H3,12,13,14,15,16,17). The largest absolute Gasteiger partial charge is 0.394 e. The van der Waals surface area contributed by atoms with E-state index in [4.69, 9.17) is 9.84 Å². The Morgan fingerprint density at radius 2 is 2.21 bits per heavy atom. The van der Waals surface area contributed by atoms with E-state index in [0.29, 0.717) is 37.2 Å². The third-order valence-electron chi connectivity index (χ3n) is 2.42. The molecule has 8 heteroatoms. The highest BCUT2D eigenvalue weighted by atomic mass is 16.5. The number of anilines is 2. The second kappa shape index (κ2) is 6.86. The van der Waals surface area contributed by atoms with Gasteiger partial charge in [0.05, 0.1) is 31.4 Å². The molecule has 0 unspecified atom stereocenters. The molecule has 0 aliphatic carbocycles. The van der Waals surface area contributed by atoms with Gasteiger partial charge in [-0.2, -0.15) is 15.1 Å². The molecule has 2 rings (SSSR count). The predicted octanol–water partition coefficient (Wildman–Crippen LogP) is 0.205. The molecule has 0 saturated carbocycles. The van der Waals surface area contributed by atoms with Crippen molar-refractivity contribution in [1.82, 2.24) is 20.2 Å². The van der Waals surface area contributed by atoms with Gasteiger partial charge in [0.2, 0.25) is 5.95 Å². The van der Waals surface area contributed by atoms with Crippen LogP contribution in [0.25, 0.3) is 11.0 Å². The van der Waals surface area contributed by atoms with Crippen molar-refractivity contribution in [3.05, 3.63) is 6.20 Å². The maximum absolute atomic E-state index is 8.60. The van der Waals surface area contributed by atoms with Crippen LogP contribution in [0.2, 0.25) is 0 Å². The van der Waals surface area contributed by atoms with Crippen LogP contribution < -0.4 is 10.6 Å². The lowest BCUT2D eigenvalue weighted by molar-refractivity contribution is 0.0992. The van der Waals surface area contributed by atoms with Crippen LogP contribution in [0.5, 0.6) is 0 Å². The molecule has 0 saturated heterocycles. The van der Waals surface area contributed by atoms with Gasteiger partial charge in [0.15, 0.2) is 5.65 Å². The van der Waals surface area contributed by atoms with E-state index in [9.17, 15) is 0 Å². The summed E-state index contributed by atoms with van der Waals surface area (Å²) in [5, 5.41) is 22.5. The van der Waals surface area contributed by atoms with Gasteiger partial charge in [-0.25, -0.2) is 0 Å². The van der Waals surface area contributed by atoms with Gasteiger partial charge in [0, 0.05) is 13.1 Å². The van der Waals surface area contributed by atoms with Crippen molar-refractivity contribution >= 4 is 22.8 Å². The Kier molecular flexibility index (Phi) is 4.87. The number of rotatable bonds is 8. The molecule has 8 nitrogen and oxygen atoms in total. The summed E-state index contributed by atoms with van der Waals surface area (Å²) in [6, 6.07) is 0. The Balaban J connectivity index is 2.04. The molecule has 0 atom stereocenters. The molecule has 0 aromatic carbocycles. The molecule has 2 aromatic rings. The summed E-state index contributed by atoms with van der Waals surface area (Å²) in [4.78, 5) is 8.68. The molecule has 0 spiro atoms. The topological polar surface area (TPSA) is 108 Å². The average molecular weight is 266 g/mol. The summed E-state index contributed by atoms with van der Waals surface area (Å²) < 4.78 is 5.18. The van der Waals surface area contributed by atoms with Crippen molar-refractivity contribution < 1.29 is 9.84 Å². The average Bonchev–Trinajstić information content (AvgIpc) is 2.87. The van der Waals surface area contributed by atoms with E-state index < -0.39 is 0 Å². The van der Waals surface area contributed by atoms with Crippen LogP contribution in [0.4, 0.5) is 11.8 Å². The summed E-state index contributed by atoms with van der Waals surface area (Å²) in [7, 11) is 0. The van der Waals surface area contributed by atoms with Crippen LogP contribution in [0.15, 0.2) is 6.20 Å². The van der Waals surface area contributed by atoms with Crippen molar-refractivity contribution in [3.8, 4) is 0 Å². The molecule has 2 aromatic heterocycles. The fourth-order valence-electron chi connectivity index (χ4n) is 1.62. The Morgan fingerprint density at radius 3 is 3.00 bits per heavy atom. The number of aromatic nitrogens is 4. The zero-order valence-corrected chi connectivity index (χ0v) is 10.8. The molecule has 2 heterocycles. The second-order valence-corrected chi connectivity index (χ2v) is 3.82. The molecule has 0 aliphatic heterocycles. The first-order valence-corrected chi connectivity index (χ1v) is 6.22. The number of aliphatic hydroxyl groups is 1. The Hall–Kier alpha value is -1.93. The van der Waals surface area contributed by atoms with Crippen molar-refractivity contribution in [2.45, 2.75) is 6.92 Å². The summed E-state index contributed by atoms with van der Waals surface area (Å²) >= 11 is 0. The first-order chi connectivity index (χ1) is 9.35. The summed E-state index contributed by atoms with van der Waals surface area (Å²) in [6.07, 6.45) is 1.68. The van der Waals surface area contributed by atoms with E-state index >= 15 is 0 Å². The van der Waals surface area contributed by atoms with Crippen molar-refractivity contribution in [3.63, 3.8) is 0 Å². The Labute approximate surface area is 110 Å². The molecule has 0 fully saturated rings. The quantitative estimate of drug-likeness (QED) is 0.506. The van der Waals surface area contributed by atoms with Gasteiger partial charge < -0.3 is 20.5 Å². The lowest BCUT2D eigenvalue weighted by atomic mass is 10.4. The molecule has 104 valence electrons. The number of hydrogen-bond acceptors (Lipinski definition) is 7. The normalized spacial score (nSPS) is 10.8. The van der Waals surface area contributed by atoms with Crippen molar-refractivity contribution in [2.75, 3.05) is 43.5 Å². The minimum atomic E-state index is 0.0318. The number of hydrogen-bond donors (Lipinski definition) is 4. The van der Waals surface area contributed by atoms with E-state index in [1.807, 2.05) is 6.92 Å². The number of fused-ring (bicyclic) bond motifs is 1. The predicted molar refractivity (Wildman–Crippen MR) is 72.2 cm³/mol. The first-order valence-electron chi connectivity index (χ1n) is 6.22. The summed E-state index contributed by atoms with van der Waals surface area (Å²) in [5.41, 5.74) is 0.685. The van der Waals surface area contributed by atoms with E-state index in [-0.39, 0.29) is 6.61 Å². The van der Waals surface area contributed by atoms with Crippen LogP contribution in [-0.2, 0) is 4.74 Å². The SMILES string of the molecule is CCNc1nc(NCCOCCO)c2cn[nH]c2n1. The Bertz CT molecular complexity index is 515. The van der Waals surface area contributed by atoms with Crippen LogP contribution in [0, 0.1) is 0 Å². The first kappa shape index (κ1) is 13.5. The molecule has 0 radical (unpaired) electrons. The number of nitrogens with one attached hydrogen (secondary N) is 3. The summed E-state index contributed by atoms with van der Waals surface area (Å²) in [6.45, 7) is 4.21. The van der Waals surface area contributed by atoms with Gasteiger partial charge in [-0.05, 0) is 6.92 Å². The lowest BCUT2D eigenvalue weighted by Gasteiger charge is -2.09. The smallest absolute Gasteiger partial charge is 0.226 e. The zero-order valence-electron chi connectivity index (χ0n) is 10.8. The highest BCUT2D eigenvalue weighted by molar-refractivity contribution is 5.86. The van der Waals surface area contributed by atoms with Gasteiger partial charge in [0.1, 0.15) is 5.82 Å². The second-order valence-electron chi connectivity index (χ2n) is 3.82. The maximum Gasteiger partial charge on any atom is 0.226 e. The number of aliphatic hydroxyl groups excluding tert-OH is 1. The van der Waals surface area contributed by atoms with Crippen LogP contribution in [0.3, 0.4) is 0 Å². The summed E-state index contributed by atoms with van der Waals surface area (Å²) in [5.74, 6) is 1.26. The van der Waals surface area contributed by atoms with Gasteiger partial charge in [-0.1, -0.05) is 0 Å². The fraction of sp³-hybridized carbons (Fsp3) is 0.545. The third kappa shape index (κ3) is 3.52. The lowest BCUT2D eigenvalue weighted by Crippen LogP contribution is -2.13. The molecule has 4 N–H and O–H groups in total. The number of H-pyrrole nitrogens is 1. The van der Waals surface area contributed by atoms with Crippen molar-refractivity contribution in [2.24, 2.45) is 0 Å². The minimum Gasteiger partial charge on any atom is -0.394 e. The fourth-order valence-corrected chi connectivity index (χ4v) is 1.62. The molecular weight excluding hydrogens is 248 g/mol. The number of aromatic amines is 1. The highest BCUT2D eigenvalue weighted by Gasteiger charge is 2.08. The van der Waals surface area contributed by atoms with Gasteiger partial charge >= 0.3 is 0 Å². The number of nitrogens with zero attached hydrogens (tertiary/aromatic N) is 3. The Morgan fingerprint density at radius 1 is 1.32 bits per heavy atom. The van der Waals surface area contributed by atoms with E-state index in [2.05, 4.69) is 30.8 Å². The van der Waals surface area contributed by atoms with Gasteiger partial charge in [-0.3, -0.25) is 5.10 Å². The maximum atomic E-state index is 8.60. The monoisotopic (exact) mass is 266 g/mol. The third-order valence-corrected chi connectivity index (χ3v) is 2.42. The number of ether oxygens (including phenoxy) is 1. The van der Waals surface area contributed by atoms with Gasteiger partial charge in [0.25, 0.3) is 0 Å². The van der Waals surface area contributed by atoms with E-state index in [1.54, 1.807) is 6.20 Å². The van der Waals surface area contributed by atoms with Crippen LogP contribution >= 0.6 is 0 Å². The minimum absolute atomic E-state index is 0.0318. The molecule has 0 aliphatic rings. The zero-order chi connectivity index (χ0) is 13.5. The molecule has 0 amide bonds. The van der Waals surface area contributed by atoms with Gasteiger partial charge in [-0.15, -0.1) is 0 Å². The van der Waals surface area contributed by atoms with E-state index in [0.717, 1.165) is 11.9 Å². The molecular formula is C11H18N6O2. The van der Waals surface area contributed by atoms with Crippen LogP contribution in [0.1, 0.15) is 6.92 Å². The van der Waals surface area contributed by atoms with Crippen LogP contribution in [-0.4, -0.2) is 58.2 Å². The molecule has 19 heavy (non-hydrogen) atoms. The van der Waals surface area contributed by atoms with E-state index in [1.165, 1.54) is 0 Å². The van der Waals surface area contributed by atoms with Crippen molar-refractivity contribution in [1.29, 1.82) is 0 Å². The highest BCUT2D eigenvalue weighted by Crippen LogP contribution is 2.19.